The predicted molar refractivity (Wildman–Crippen MR) is 110 cm³/mol. The highest BCUT2D eigenvalue weighted by Gasteiger charge is 2.19. The van der Waals surface area contributed by atoms with Crippen LogP contribution >= 0.6 is 0 Å². The molecule has 0 saturated carbocycles. The summed E-state index contributed by atoms with van der Waals surface area (Å²) in [5, 5.41) is 21.6. The van der Waals surface area contributed by atoms with Gasteiger partial charge in [0.05, 0.1) is 6.04 Å². The first kappa shape index (κ1) is 22.1. The van der Waals surface area contributed by atoms with E-state index in [4.69, 9.17) is 16.4 Å². The highest BCUT2D eigenvalue weighted by Crippen LogP contribution is 2.05. The highest BCUT2D eigenvalue weighted by atomic mass is 16.5. The minimum atomic E-state index is -0.712. The Kier molecular flexibility index (Phi) is 8.32. The summed E-state index contributed by atoms with van der Waals surface area (Å²) >= 11 is 0. The molecule has 29 heavy (non-hydrogen) atoms. The number of hydroxylamine groups is 1. The number of amidine groups is 1. The zero-order valence-electron chi connectivity index (χ0n) is 16.3. The molecule has 0 aliphatic carbocycles. The van der Waals surface area contributed by atoms with Gasteiger partial charge in [0, 0.05) is 12.1 Å². The fourth-order valence-electron chi connectivity index (χ4n) is 2.68. The Morgan fingerprint density at radius 3 is 2.31 bits per heavy atom. The van der Waals surface area contributed by atoms with Crippen molar-refractivity contribution < 1.29 is 14.8 Å². The average molecular weight is 397 g/mol. The Morgan fingerprint density at radius 1 is 1.03 bits per heavy atom. The van der Waals surface area contributed by atoms with Crippen LogP contribution in [-0.4, -0.2) is 34.9 Å². The van der Waals surface area contributed by atoms with Crippen molar-refractivity contribution in [1.82, 2.24) is 16.1 Å². The van der Waals surface area contributed by atoms with Crippen LogP contribution in [0.5, 0.6) is 0 Å². The third-order valence-corrected chi connectivity index (χ3v) is 4.50. The first-order valence-electron chi connectivity index (χ1n) is 9.36. The Bertz CT molecular complexity index is 824. The van der Waals surface area contributed by atoms with Crippen molar-refractivity contribution in [2.45, 2.75) is 38.4 Å². The summed E-state index contributed by atoms with van der Waals surface area (Å²) in [6.07, 6.45) is 1.18. The van der Waals surface area contributed by atoms with E-state index in [0.717, 1.165) is 11.1 Å². The van der Waals surface area contributed by atoms with Crippen molar-refractivity contribution in [2.24, 2.45) is 5.73 Å². The first-order valence-corrected chi connectivity index (χ1v) is 9.36. The van der Waals surface area contributed by atoms with E-state index >= 15 is 0 Å². The van der Waals surface area contributed by atoms with Gasteiger partial charge in [0.15, 0.2) is 0 Å². The summed E-state index contributed by atoms with van der Waals surface area (Å²) in [5.41, 5.74) is 10.2. The van der Waals surface area contributed by atoms with Crippen molar-refractivity contribution in [1.29, 1.82) is 5.41 Å². The second-order valence-corrected chi connectivity index (χ2v) is 6.76. The molecule has 7 N–H and O–H groups in total. The van der Waals surface area contributed by atoms with Crippen LogP contribution in [0.4, 0.5) is 0 Å². The Balaban J connectivity index is 1.76. The highest BCUT2D eigenvalue weighted by molar-refractivity contribution is 5.95. The Hall–Kier alpha value is -3.23. The van der Waals surface area contributed by atoms with Crippen LogP contribution in [0.15, 0.2) is 54.6 Å². The summed E-state index contributed by atoms with van der Waals surface area (Å²) in [4.78, 5) is 24.5. The van der Waals surface area contributed by atoms with E-state index < -0.39 is 12.1 Å². The molecule has 0 aliphatic heterocycles. The maximum Gasteiger partial charge on any atom is 0.242 e. The van der Waals surface area contributed by atoms with Gasteiger partial charge < -0.3 is 16.4 Å². The molecule has 2 rings (SSSR count). The Labute approximate surface area is 170 Å². The minimum absolute atomic E-state index is 0.111. The van der Waals surface area contributed by atoms with Crippen molar-refractivity contribution in [2.75, 3.05) is 0 Å². The van der Waals surface area contributed by atoms with E-state index in [-0.39, 0.29) is 24.2 Å². The number of nitrogens with two attached hydrogens (primary N) is 1. The number of rotatable bonds is 9. The molecule has 8 heteroatoms. The SMILES string of the molecule is C[C@H](NC(=O)[C@H](N)CCc1ccccc1)C(=O)NCc1ccc(C(=N)NO)cc1. The molecule has 0 fully saturated rings. The topological polar surface area (TPSA) is 140 Å². The second-order valence-electron chi connectivity index (χ2n) is 6.76. The monoisotopic (exact) mass is 397 g/mol. The van der Waals surface area contributed by atoms with Crippen LogP contribution in [0, 0.1) is 5.41 Å². The van der Waals surface area contributed by atoms with Crippen LogP contribution in [0.25, 0.3) is 0 Å². The third-order valence-electron chi connectivity index (χ3n) is 4.50. The summed E-state index contributed by atoms with van der Waals surface area (Å²) in [6.45, 7) is 1.88. The van der Waals surface area contributed by atoms with Crippen LogP contribution in [0.3, 0.4) is 0 Å². The average Bonchev–Trinajstić information content (AvgIpc) is 2.76. The predicted octanol–water partition coefficient (Wildman–Crippen LogP) is 1.07. The number of hydrogen-bond donors (Lipinski definition) is 6. The smallest absolute Gasteiger partial charge is 0.242 e. The first-order chi connectivity index (χ1) is 13.9. The molecule has 0 radical (unpaired) electrons. The van der Waals surface area contributed by atoms with Gasteiger partial charge in [0.2, 0.25) is 11.8 Å². The van der Waals surface area contributed by atoms with Gasteiger partial charge in [-0.05, 0) is 30.9 Å². The van der Waals surface area contributed by atoms with E-state index in [1.54, 1.807) is 36.7 Å². The number of carbonyl (C=O) groups excluding carboxylic acids is 2. The number of benzene rings is 2. The van der Waals surface area contributed by atoms with Crippen LogP contribution in [0.2, 0.25) is 0 Å². The van der Waals surface area contributed by atoms with Crippen LogP contribution in [0.1, 0.15) is 30.0 Å². The molecule has 0 aromatic heterocycles. The third kappa shape index (κ3) is 7.02. The molecule has 8 nitrogen and oxygen atoms in total. The van der Waals surface area contributed by atoms with Crippen molar-refractivity contribution in [3.63, 3.8) is 0 Å². The molecule has 0 saturated heterocycles. The van der Waals surface area contributed by atoms with Crippen LogP contribution < -0.4 is 21.8 Å². The largest absolute Gasteiger partial charge is 0.350 e. The van der Waals surface area contributed by atoms with Gasteiger partial charge in [0.1, 0.15) is 11.9 Å². The van der Waals surface area contributed by atoms with Crippen molar-refractivity contribution in [3.8, 4) is 0 Å². The van der Waals surface area contributed by atoms with Crippen molar-refractivity contribution in [3.05, 3.63) is 71.3 Å². The summed E-state index contributed by atoms with van der Waals surface area (Å²) in [6, 6.07) is 15.2. The van der Waals surface area contributed by atoms with E-state index in [9.17, 15) is 9.59 Å². The molecule has 0 heterocycles. The molecular weight excluding hydrogens is 370 g/mol. The van der Waals surface area contributed by atoms with E-state index in [0.29, 0.717) is 18.4 Å². The van der Waals surface area contributed by atoms with Gasteiger partial charge in [0.25, 0.3) is 0 Å². The summed E-state index contributed by atoms with van der Waals surface area (Å²) < 4.78 is 0. The second kappa shape index (κ2) is 10.9. The van der Waals surface area contributed by atoms with E-state index in [1.165, 1.54) is 0 Å². The van der Waals surface area contributed by atoms with Crippen LogP contribution in [-0.2, 0) is 22.6 Å². The summed E-state index contributed by atoms with van der Waals surface area (Å²) in [7, 11) is 0. The lowest BCUT2D eigenvalue weighted by Crippen LogP contribution is -2.50. The molecular formula is C21H27N5O3. The zero-order chi connectivity index (χ0) is 21.2. The fourth-order valence-corrected chi connectivity index (χ4v) is 2.68. The number of aryl methyl sites for hydroxylation is 1. The molecule has 0 spiro atoms. The lowest BCUT2D eigenvalue weighted by Gasteiger charge is -2.17. The standard InChI is InChI=1S/C21H27N5O3/c1-14(25-21(28)18(22)12-9-15-5-3-2-4-6-15)20(27)24-13-16-7-10-17(11-8-16)19(23)26-29/h2-8,10-11,14,18,29H,9,12-13,22H2,1H3,(H2,23,26)(H,24,27)(H,25,28)/t14-,18+/m0/s1. The number of nitrogens with one attached hydrogen (secondary N) is 4. The van der Waals surface area contributed by atoms with E-state index in [1.807, 2.05) is 30.3 Å². The zero-order valence-corrected chi connectivity index (χ0v) is 16.3. The van der Waals surface area contributed by atoms with Gasteiger partial charge in [-0.15, -0.1) is 0 Å². The Morgan fingerprint density at radius 2 is 1.69 bits per heavy atom. The number of hydrogen-bond acceptors (Lipinski definition) is 5. The number of amides is 2. The minimum Gasteiger partial charge on any atom is -0.350 e. The normalized spacial score (nSPS) is 12.5. The summed E-state index contributed by atoms with van der Waals surface area (Å²) in [5.74, 6) is -0.786. The molecule has 2 aromatic rings. The molecule has 2 atom stereocenters. The molecule has 0 aliphatic rings. The van der Waals surface area contributed by atoms with Gasteiger partial charge in [-0.1, -0.05) is 54.6 Å². The lowest BCUT2D eigenvalue weighted by atomic mass is 10.1. The number of carbonyl (C=O) groups is 2. The molecule has 0 bridgehead atoms. The molecule has 2 aromatic carbocycles. The van der Waals surface area contributed by atoms with E-state index in [2.05, 4.69) is 10.6 Å². The van der Waals surface area contributed by atoms with Crippen molar-refractivity contribution >= 4 is 17.6 Å². The molecule has 154 valence electrons. The fraction of sp³-hybridized carbons (Fsp3) is 0.286. The maximum atomic E-state index is 12.2. The van der Waals surface area contributed by atoms with Gasteiger partial charge in [-0.2, -0.15) is 0 Å². The van der Waals surface area contributed by atoms with Gasteiger partial charge in [-0.25, -0.2) is 0 Å². The quantitative estimate of drug-likeness (QED) is 0.213. The van der Waals surface area contributed by atoms with Gasteiger partial charge >= 0.3 is 0 Å². The lowest BCUT2D eigenvalue weighted by molar-refractivity contribution is -0.129. The van der Waals surface area contributed by atoms with Gasteiger partial charge in [-0.3, -0.25) is 25.7 Å². The molecule has 2 amide bonds. The maximum absolute atomic E-state index is 12.2. The molecule has 0 unspecified atom stereocenters.